The molecule has 1 aromatic carbocycles. The number of morpholine rings is 1. The summed E-state index contributed by atoms with van der Waals surface area (Å²) in [4.78, 5) is 2.32. The highest BCUT2D eigenvalue weighted by atomic mass is 35.5. The van der Waals surface area contributed by atoms with Crippen LogP contribution in [0.3, 0.4) is 0 Å². The quantitative estimate of drug-likeness (QED) is 0.921. The molecule has 3 nitrogen and oxygen atoms in total. The average Bonchev–Trinajstić information content (AvgIpc) is 2.42. The molecule has 1 aliphatic heterocycles. The predicted molar refractivity (Wildman–Crippen MR) is 74.9 cm³/mol. The lowest BCUT2D eigenvalue weighted by atomic mass is 10.0. The van der Waals surface area contributed by atoms with Crippen LogP contribution in [0.5, 0.6) is 0 Å². The molecule has 2 rings (SSSR count). The third kappa shape index (κ3) is 3.89. The van der Waals surface area contributed by atoms with E-state index in [2.05, 4.69) is 11.8 Å². The molecule has 106 valence electrons. The smallest absolute Gasteiger partial charge is 0.124 e. The lowest BCUT2D eigenvalue weighted by Crippen LogP contribution is -2.51. The number of nitrogens with zero attached hydrogens (tertiary/aromatic N) is 1. The van der Waals surface area contributed by atoms with Crippen molar-refractivity contribution in [2.75, 3.05) is 26.2 Å². The molecule has 5 heteroatoms. The minimum Gasteiger partial charge on any atom is -0.374 e. The SMILES string of the molecule is CCN1CCOC(C(N)Cc2ccc(F)cc2Cl)C1. The van der Waals surface area contributed by atoms with Gasteiger partial charge in [-0.05, 0) is 30.7 Å². The Morgan fingerprint density at radius 2 is 2.37 bits per heavy atom. The number of halogens is 2. The molecular formula is C14H20ClFN2O. The van der Waals surface area contributed by atoms with Crippen molar-refractivity contribution >= 4 is 11.6 Å². The molecule has 0 amide bonds. The van der Waals surface area contributed by atoms with Crippen molar-refractivity contribution in [2.24, 2.45) is 5.73 Å². The van der Waals surface area contributed by atoms with Crippen LogP contribution in [0, 0.1) is 5.82 Å². The van der Waals surface area contributed by atoms with Gasteiger partial charge in [-0.1, -0.05) is 24.6 Å². The maximum absolute atomic E-state index is 13.0. The minimum absolute atomic E-state index is 0.00909. The van der Waals surface area contributed by atoms with Gasteiger partial charge in [0.1, 0.15) is 5.82 Å². The van der Waals surface area contributed by atoms with Crippen molar-refractivity contribution in [1.82, 2.24) is 4.90 Å². The molecule has 0 spiro atoms. The Labute approximate surface area is 118 Å². The van der Waals surface area contributed by atoms with Crippen LogP contribution in [-0.4, -0.2) is 43.3 Å². The fourth-order valence-electron chi connectivity index (χ4n) is 2.35. The number of benzene rings is 1. The van der Waals surface area contributed by atoms with Crippen LogP contribution >= 0.6 is 11.6 Å². The lowest BCUT2D eigenvalue weighted by molar-refractivity contribution is -0.0385. The van der Waals surface area contributed by atoms with E-state index < -0.39 is 0 Å². The van der Waals surface area contributed by atoms with Crippen molar-refractivity contribution in [3.05, 3.63) is 34.6 Å². The molecule has 0 saturated carbocycles. The third-order valence-electron chi connectivity index (χ3n) is 3.57. The molecule has 0 aliphatic carbocycles. The zero-order valence-corrected chi connectivity index (χ0v) is 11.9. The minimum atomic E-state index is -0.326. The van der Waals surface area contributed by atoms with Crippen LogP contribution < -0.4 is 5.73 Å². The Morgan fingerprint density at radius 1 is 1.58 bits per heavy atom. The van der Waals surface area contributed by atoms with E-state index >= 15 is 0 Å². The van der Waals surface area contributed by atoms with E-state index in [0.29, 0.717) is 18.1 Å². The molecule has 0 aromatic heterocycles. The first-order valence-corrected chi connectivity index (χ1v) is 7.01. The first-order valence-electron chi connectivity index (χ1n) is 6.63. The lowest BCUT2D eigenvalue weighted by Gasteiger charge is -2.35. The van der Waals surface area contributed by atoms with Crippen molar-refractivity contribution in [3.8, 4) is 0 Å². The molecule has 1 saturated heterocycles. The summed E-state index contributed by atoms with van der Waals surface area (Å²) in [5.41, 5.74) is 7.07. The summed E-state index contributed by atoms with van der Waals surface area (Å²) in [5.74, 6) is -0.326. The Morgan fingerprint density at radius 3 is 3.05 bits per heavy atom. The molecule has 19 heavy (non-hydrogen) atoms. The van der Waals surface area contributed by atoms with Crippen LogP contribution in [0.1, 0.15) is 12.5 Å². The van der Waals surface area contributed by atoms with E-state index in [4.69, 9.17) is 22.1 Å². The van der Waals surface area contributed by atoms with Gasteiger partial charge in [0, 0.05) is 24.2 Å². The third-order valence-corrected chi connectivity index (χ3v) is 3.92. The van der Waals surface area contributed by atoms with Gasteiger partial charge in [0.15, 0.2) is 0 Å². The van der Waals surface area contributed by atoms with E-state index in [1.165, 1.54) is 12.1 Å². The highest BCUT2D eigenvalue weighted by Gasteiger charge is 2.25. The van der Waals surface area contributed by atoms with Gasteiger partial charge in [0.2, 0.25) is 0 Å². The van der Waals surface area contributed by atoms with E-state index in [9.17, 15) is 4.39 Å². The van der Waals surface area contributed by atoms with Crippen LogP contribution in [0.15, 0.2) is 18.2 Å². The monoisotopic (exact) mass is 286 g/mol. The second kappa shape index (κ2) is 6.66. The van der Waals surface area contributed by atoms with E-state index in [1.807, 2.05) is 0 Å². The fourth-order valence-corrected chi connectivity index (χ4v) is 2.59. The van der Waals surface area contributed by atoms with Crippen molar-refractivity contribution < 1.29 is 9.13 Å². The Hall–Kier alpha value is -0.680. The Kier molecular flexibility index (Phi) is 5.16. The maximum Gasteiger partial charge on any atom is 0.124 e. The first kappa shape index (κ1) is 14.7. The van der Waals surface area contributed by atoms with Gasteiger partial charge in [-0.25, -0.2) is 4.39 Å². The molecule has 2 N–H and O–H groups in total. The zero-order chi connectivity index (χ0) is 13.8. The topological polar surface area (TPSA) is 38.5 Å². The summed E-state index contributed by atoms with van der Waals surface area (Å²) in [5, 5.41) is 0.429. The van der Waals surface area contributed by atoms with Crippen molar-refractivity contribution in [2.45, 2.75) is 25.5 Å². The highest BCUT2D eigenvalue weighted by molar-refractivity contribution is 6.31. The van der Waals surface area contributed by atoms with Crippen LogP contribution in [0.2, 0.25) is 5.02 Å². The summed E-state index contributed by atoms with van der Waals surface area (Å²) < 4.78 is 18.7. The van der Waals surface area contributed by atoms with Gasteiger partial charge in [-0.15, -0.1) is 0 Å². The van der Waals surface area contributed by atoms with E-state index in [-0.39, 0.29) is 18.0 Å². The molecule has 0 radical (unpaired) electrons. The summed E-state index contributed by atoms with van der Waals surface area (Å²) >= 11 is 6.02. The van der Waals surface area contributed by atoms with Gasteiger partial charge >= 0.3 is 0 Å². The zero-order valence-electron chi connectivity index (χ0n) is 11.1. The number of rotatable bonds is 4. The summed E-state index contributed by atoms with van der Waals surface area (Å²) in [7, 11) is 0. The molecular weight excluding hydrogens is 267 g/mol. The fraction of sp³-hybridized carbons (Fsp3) is 0.571. The molecule has 1 aliphatic rings. The standard InChI is InChI=1S/C14H20ClFN2O/c1-2-18-5-6-19-14(9-18)13(17)7-10-3-4-11(16)8-12(10)15/h3-4,8,13-14H,2,5-7,9,17H2,1H3. The molecule has 2 unspecified atom stereocenters. The Balaban J connectivity index is 1.98. The predicted octanol–water partition coefficient (Wildman–Crippen LogP) is 2.07. The molecule has 1 fully saturated rings. The number of nitrogens with two attached hydrogens (primary N) is 1. The van der Waals surface area contributed by atoms with Gasteiger partial charge in [0.25, 0.3) is 0 Å². The summed E-state index contributed by atoms with van der Waals surface area (Å²) in [6.45, 7) is 5.64. The van der Waals surface area contributed by atoms with Crippen LogP contribution in [-0.2, 0) is 11.2 Å². The molecule has 1 aromatic rings. The average molecular weight is 287 g/mol. The van der Waals surface area contributed by atoms with E-state index in [1.54, 1.807) is 6.07 Å². The van der Waals surface area contributed by atoms with Crippen LogP contribution in [0.25, 0.3) is 0 Å². The number of hydrogen-bond acceptors (Lipinski definition) is 3. The van der Waals surface area contributed by atoms with Gasteiger partial charge in [-0.2, -0.15) is 0 Å². The van der Waals surface area contributed by atoms with Crippen molar-refractivity contribution in [1.29, 1.82) is 0 Å². The van der Waals surface area contributed by atoms with Gasteiger partial charge in [-0.3, -0.25) is 4.90 Å². The van der Waals surface area contributed by atoms with Gasteiger partial charge in [0.05, 0.1) is 12.7 Å². The van der Waals surface area contributed by atoms with Crippen LogP contribution in [0.4, 0.5) is 4.39 Å². The van der Waals surface area contributed by atoms with Crippen molar-refractivity contribution in [3.63, 3.8) is 0 Å². The number of ether oxygens (including phenoxy) is 1. The second-order valence-corrected chi connectivity index (χ2v) is 5.31. The molecule has 0 bridgehead atoms. The van der Waals surface area contributed by atoms with E-state index in [0.717, 1.165) is 25.2 Å². The Bertz CT molecular complexity index is 430. The largest absolute Gasteiger partial charge is 0.374 e. The summed E-state index contributed by atoms with van der Waals surface area (Å²) in [6.07, 6.45) is 0.608. The molecule has 2 atom stereocenters. The number of likely N-dealkylation sites (N-methyl/N-ethyl adjacent to an activating group) is 1. The second-order valence-electron chi connectivity index (χ2n) is 4.91. The highest BCUT2D eigenvalue weighted by Crippen LogP contribution is 2.20. The normalized spacial score (nSPS) is 22.4. The first-order chi connectivity index (χ1) is 9.10. The summed E-state index contributed by atoms with van der Waals surface area (Å²) in [6, 6.07) is 4.30. The van der Waals surface area contributed by atoms with Gasteiger partial charge < -0.3 is 10.5 Å². The number of hydrogen-bond donors (Lipinski definition) is 1. The molecule has 1 heterocycles. The maximum atomic E-state index is 13.0.